The number of aromatic nitrogens is 2. The number of hydrogen-bond acceptors (Lipinski definition) is 4. The highest BCUT2D eigenvalue weighted by molar-refractivity contribution is 5.75. The molecule has 0 aliphatic heterocycles. The molecule has 6 nitrogen and oxygen atoms in total. The Labute approximate surface area is 141 Å². The predicted molar refractivity (Wildman–Crippen MR) is 92.8 cm³/mol. The first-order chi connectivity index (χ1) is 11.7. The second kappa shape index (κ2) is 7.49. The number of nitrogens with zero attached hydrogens (tertiary/aromatic N) is 2. The van der Waals surface area contributed by atoms with Gasteiger partial charge in [0, 0.05) is 12.7 Å². The Balaban J connectivity index is 1.65. The molecule has 0 saturated heterocycles. The summed E-state index contributed by atoms with van der Waals surface area (Å²) in [5.74, 6) is 0.438. The lowest BCUT2D eigenvalue weighted by molar-refractivity contribution is -0.122. The second-order valence-corrected chi connectivity index (χ2v) is 6.30. The first-order valence-electron chi connectivity index (χ1n) is 8.42. The van der Waals surface area contributed by atoms with Crippen molar-refractivity contribution in [2.75, 3.05) is 18.5 Å². The van der Waals surface area contributed by atoms with Gasteiger partial charge in [0.1, 0.15) is 6.54 Å². The van der Waals surface area contributed by atoms with E-state index in [1.54, 1.807) is 10.9 Å². The number of hydrogen-bond donors (Lipinski definition) is 3. The molecule has 1 aromatic carbocycles. The van der Waals surface area contributed by atoms with Crippen LogP contribution < -0.4 is 10.6 Å². The van der Waals surface area contributed by atoms with Gasteiger partial charge >= 0.3 is 0 Å². The lowest BCUT2D eigenvalue weighted by Crippen LogP contribution is -2.30. The van der Waals surface area contributed by atoms with Gasteiger partial charge in [0.05, 0.1) is 24.5 Å². The molecule has 0 fully saturated rings. The van der Waals surface area contributed by atoms with Gasteiger partial charge in [0.25, 0.3) is 0 Å². The molecule has 1 heterocycles. The zero-order valence-corrected chi connectivity index (χ0v) is 13.9. The Morgan fingerprint density at radius 2 is 2.12 bits per heavy atom. The number of fused-ring (bicyclic) bond motifs is 1. The van der Waals surface area contributed by atoms with E-state index in [2.05, 4.69) is 46.9 Å². The molecule has 1 aliphatic rings. The van der Waals surface area contributed by atoms with Gasteiger partial charge in [0.2, 0.25) is 5.91 Å². The van der Waals surface area contributed by atoms with Crippen LogP contribution in [0.25, 0.3) is 0 Å². The standard InChI is InChI=1S/C18H24N4O2/c1-13-6-7-17(16-5-3-2-4-15(13)16)21-14-10-20-22(11-14)12-18(24)19-8-9-23/h2-5,10-11,13,17,21,23H,6-9,12H2,1H3,(H,19,24). The number of aliphatic hydroxyl groups excluding tert-OH is 1. The number of anilines is 1. The number of benzene rings is 1. The van der Waals surface area contributed by atoms with Gasteiger partial charge in [-0.25, -0.2) is 0 Å². The monoisotopic (exact) mass is 328 g/mol. The van der Waals surface area contributed by atoms with Crippen molar-refractivity contribution >= 4 is 11.6 Å². The number of rotatable bonds is 6. The van der Waals surface area contributed by atoms with E-state index in [1.165, 1.54) is 11.1 Å². The van der Waals surface area contributed by atoms with Gasteiger partial charge in [0.15, 0.2) is 0 Å². The Bertz CT molecular complexity index is 698. The highest BCUT2D eigenvalue weighted by atomic mass is 16.3. The quantitative estimate of drug-likeness (QED) is 0.758. The Morgan fingerprint density at radius 3 is 2.92 bits per heavy atom. The van der Waals surface area contributed by atoms with Crippen LogP contribution in [0.2, 0.25) is 0 Å². The van der Waals surface area contributed by atoms with Crippen LogP contribution in [0.5, 0.6) is 0 Å². The van der Waals surface area contributed by atoms with Crippen molar-refractivity contribution in [1.82, 2.24) is 15.1 Å². The third-order valence-electron chi connectivity index (χ3n) is 4.50. The van der Waals surface area contributed by atoms with Crippen LogP contribution in [0.3, 0.4) is 0 Å². The molecular weight excluding hydrogens is 304 g/mol. The first-order valence-corrected chi connectivity index (χ1v) is 8.42. The fourth-order valence-electron chi connectivity index (χ4n) is 3.28. The van der Waals surface area contributed by atoms with Crippen LogP contribution in [0.15, 0.2) is 36.7 Å². The fraction of sp³-hybridized carbons (Fsp3) is 0.444. The zero-order valence-electron chi connectivity index (χ0n) is 13.9. The minimum Gasteiger partial charge on any atom is -0.395 e. The van der Waals surface area contributed by atoms with Gasteiger partial charge in [-0.15, -0.1) is 0 Å². The number of nitrogens with one attached hydrogen (secondary N) is 2. The van der Waals surface area contributed by atoms with Crippen molar-refractivity contribution < 1.29 is 9.90 Å². The van der Waals surface area contributed by atoms with Crippen LogP contribution in [0.1, 0.15) is 42.9 Å². The maximum absolute atomic E-state index is 11.7. The third-order valence-corrected chi connectivity index (χ3v) is 4.50. The van der Waals surface area contributed by atoms with Crippen LogP contribution >= 0.6 is 0 Å². The van der Waals surface area contributed by atoms with Crippen LogP contribution in [0, 0.1) is 0 Å². The highest BCUT2D eigenvalue weighted by Crippen LogP contribution is 2.38. The largest absolute Gasteiger partial charge is 0.395 e. The molecule has 128 valence electrons. The topological polar surface area (TPSA) is 79.2 Å². The van der Waals surface area contributed by atoms with Crippen molar-refractivity contribution in [3.05, 3.63) is 47.8 Å². The van der Waals surface area contributed by atoms with Gasteiger partial charge < -0.3 is 15.7 Å². The molecule has 0 radical (unpaired) electrons. The maximum Gasteiger partial charge on any atom is 0.241 e. The van der Waals surface area contributed by atoms with E-state index in [0.717, 1.165) is 18.5 Å². The summed E-state index contributed by atoms with van der Waals surface area (Å²) in [6.07, 6.45) is 5.84. The minimum atomic E-state index is -0.157. The van der Waals surface area contributed by atoms with Crippen molar-refractivity contribution in [2.45, 2.75) is 38.3 Å². The minimum absolute atomic E-state index is 0.0584. The Kier molecular flexibility index (Phi) is 5.15. The van der Waals surface area contributed by atoms with E-state index in [-0.39, 0.29) is 31.6 Å². The number of carbonyl (C=O) groups is 1. The van der Waals surface area contributed by atoms with Gasteiger partial charge in [-0.2, -0.15) is 5.10 Å². The summed E-state index contributed by atoms with van der Waals surface area (Å²) in [6.45, 7) is 2.64. The van der Waals surface area contributed by atoms with E-state index < -0.39 is 0 Å². The summed E-state index contributed by atoms with van der Waals surface area (Å²) >= 11 is 0. The maximum atomic E-state index is 11.7. The van der Waals surface area contributed by atoms with Crippen LogP contribution in [0.4, 0.5) is 5.69 Å². The van der Waals surface area contributed by atoms with Crippen LogP contribution in [-0.2, 0) is 11.3 Å². The third kappa shape index (κ3) is 3.76. The average molecular weight is 328 g/mol. The molecule has 2 atom stereocenters. The smallest absolute Gasteiger partial charge is 0.241 e. The van der Waals surface area contributed by atoms with E-state index in [4.69, 9.17) is 5.11 Å². The van der Waals surface area contributed by atoms with E-state index >= 15 is 0 Å². The molecule has 6 heteroatoms. The van der Waals surface area contributed by atoms with E-state index in [9.17, 15) is 4.79 Å². The summed E-state index contributed by atoms with van der Waals surface area (Å²) in [5, 5.41) is 19.1. The molecule has 1 aromatic heterocycles. The molecule has 1 amide bonds. The highest BCUT2D eigenvalue weighted by Gasteiger charge is 2.24. The molecule has 1 aliphatic carbocycles. The summed E-state index contributed by atoms with van der Waals surface area (Å²) in [4.78, 5) is 11.7. The molecule has 3 N–H and O–H groups in total. The van der Waals surface area contributed by atoms with Crippen LogP contribution in [-0.4, -0.2) is 33.9 Å². The molecule has 0 spiro atoms. The molecule has 2 unspecified atom stereocenters. The average Bonchev–Trinajstić information content (AvgIpc) is 3.03. The fourth-order valence-corrected chi connectivity index (χ4v) is 3.28. The summed E-state index contributed by atoms with van der Waals surface area (Å²) in [7, 11) is 0. The Hall–Kier alpha value is -2.34. The number of amides is 1. The van der Waals surface area contributed by atoms with Crippen molar-refractivity contribution in [3.8, 4) is 0 Å². The second-order valence-electron chi connectivity index (χ2n) is 6.30. The molecule has 3 rings (SSSR count). The molecule has 24 heavy (non-hydrogen) atoms. The van der Waals surface area contributed by atoms with Gasteiger partial charge in [-0.05, 0) is 29.9 Å². The van der Waals surface area contributed by atoms with E-state index in [0.29, 0.717) is 5.92 Å². The summed E-state index contributed by atoms with van der Waals surface area (Å²) in [5.41, 5.74) is 3.68. The summed E-state index contributed by atoms with van der Waals surface area (Å²) < 4.78 is 1.60. The Morgan fingerprint density at radius 1 is 1.33 bits per heavy atom. The molecule has 0 saturated carbocycles. The molecule has 2 aromatic rings. The number of aliphatic hydroxyl groups is 1. The lowest BCUT2D eigenvalue weighted by Gasteiger charge is -2.30. The van der Waals surface area contributed by atoms with Gasteiger partial charge in [-0.1, -0.05) is 31.2 Å². The van der Waals surface area contributed by atoms with Crippen molar-refractivity contribution in [3.63, 3.8) is 0 Å². The summed E-state index contributed by atoms with van der Waals surface area (Å²) in [6, 6.07) is 8.86. The SMILES string of the molecule is CC1CCC(Nc2cnn(CC(=O)NCCO)c2)c2ccccc21. The normalized spacial score (nSPS) is 19.6. The van der Waals surface area contributed by atoms with E-state index in [1.807, 2.05) is 6.20 Å². The first kappa shape index (κ1) is 16.5. The number of carbonyl (C=O) groups excluding carboxylic acids is 1. The van der Waals surface area contributed by atoms with Crippen molar-refractivity contribution in [1.29, 1.82) is 0 Å². The molecular formula is C18H24N4O2. The zero-order chi connectivity index (χ0) is 16.9. The van der Waals surface area contributed by atoms with Gasteiger partial charge in [-0.3, -0.25) is 9.48 Å². The predicted octanol–water partition coefficient (Wildman–Crippen LogP) is 2.04. The molecule has 0 bridgehead atoms. The van der Waals surface area contributed by atoms with Crippen molar-refractivity contribution in [2.24, 2.45) is 0 Å². The lowest BCUT2D eigenvalue weighted by atomic mass is 9.81.